The summed E-state index contributed by atoms with van der Waals surface area (Å²) in [6.45, 7) is 8.66. The van der Waals surface area contributed by atoms with Crippen molar-refractivity contribution in [3.05, 3.63) is 24.5 Å². The molecule has 0 unspecified atom stereocenters. The SMILES string of the molecule is C=Cn1cc(CN2CC[S@](=O)C[C@H](C)C2)cn1. The van der Waals surface area contributed by atoms with E-state index in [0.29, 0.717) is 5.92 Å². The molecule has 0 radical (unpaired) electrons. The molecule has 4 nitrogen and oxygen atoms in total. The van der Waals surface area contributed by atoms with Gasteiger partial charge in [-0.3, -0.25) is 9.11 Å². The van der Waals surface area contributed by atoms with Crippen LogP contribution in [0.2, 0.25) is 0 Å². The molecule has 0 amide bonds. The first-order valence-electron chi connectivity index (χ1n) is 5.90. The van der Waals surface area contributed by atoms with Crippen molar-refractivity contribution in [1.82, 2.24) is 14.7 Å². The van der Waals surface area contributed by atoms with Crippen LogP contribution in [0.15, 0.2) is 19.0 Å². The summed E-state index contributed by atoms with van der Waals surface area (Å²) in [5.41, 5.74) is 1.18. The molecule has 1 aliphatic heterocycles. The predicted molar refractivity (Wildman–Crippen MR) is 70.9 cm³/mol. The number of hydrogen-bond acceptors (Lipinski definition) is 3. The summed E-state index contributed by atoms with van der Waals surface area (Å²) in [7, 11) is -0.641. The summed E-state index contributed by atoms with van der Waals surface area (Å²) < 4.78 is 13.3. The summed E-state index contributed by atoms with van der Waals surface area (Å²) >= 11 is 0. The van der Waals surface area contributed by atoms with Gasteiger partial charge < -0.3 is 0 Å². The quantitative estimate of drug-likeness (QED) is 0.812. The van der Waals surface area contributed by atoms with Crippen LogP contribution in [0.1, 0.15) is 12.5 Å². The predicted octanol–water partition coefficient (Wildman–Crippen LogP) is 1.18. The normalized spacial score (nSPS) is 26.6. The van der Waals surface area contributed by atoms with Crippen LogP contribution >= 0.6 is 0 Å². The van der Waals surface area contributed by atoms with Crippen molar-refractivity contribution in [3.8, 4) is 0 Å². The molecular weight excluding hydrogens is 234 g/mol. The largest absolute Gasteiger partial charge is 0.298 e. The lowest BCUT2D eigenvalue weighted by atomic mass is 10.2. The lowest BCUT2D eigenvalue weighted by Crippen LogP contribution is -2.28. The van der Waals surface area contributed by atoms with Crippen molar-refractivity contribution >= 4 is 17.0 Å². The fourth-order valence-corrected chi connectivity index (χ4v) is 3.55. The van der Waals surface area contributed by atoms with E-state index < -0.39 is 10.8 Å². The van der Waals surface area contributed by atoms with E-state index in [2.05, 4.69) is 23.5 Å². The van der Waals surface area contributed by atoms with E-state index in [9.17, 15) is 4.21 Å². The van der Waals surface area contributed by atoms with Crippen LogP contribution in [0.3, 0.4) is 0 Å². The Morgan fingerprint density at radius 1 is 1.71 bits per heavy atom. The van der Waals surface area contributed by atoms with E-state index in [1.54, 1.807) is 10.9 Å². The third-order valence-electron chi connectivity index (χ3n) is 2.92. The maximum Gasteiger partial charge on any atom is 0.0539 e. The molecule has 1 aliphatic rings. The van der Waals surface area contributed by atoms with Crippen LogP contribution in [0.5, 0.6) is 0 Å². The second kappa shape index (κ2) is 5.60. The fourth-order valence-electron chi connectivity index (χ4n) is 2.18. The van der Waals surface area contributed by atoms with Crippen LogP contribution in [0.4, 0.5) is 0 Å². The van der Waals surface area contributed by atoms with Crippen molar-refractivity contribution in [1.29, 1.82) is 0 Å². The lowest BCUT2D eigenvalue weighted by molar-refractivity contribution is 0.257. The van der Waals surface area contributed by atoms with E-state index >= 15 is 0 Å². The Hall–Kier alpha value is -0.940. The molecule has 2 rings (SSSR count). The molecule has 1 saturated heterocycles. The molecule has 0 aliphatic carbocycles. The first-order valence-corrected chi connectivity index (χ1v) is 7.39. The van der Waals surface area contributed by atoms with Gasteiger partial charge in [0.1, 0.15) is 0 Å². The molecule has 17 heavy (non-hydrogen) atoms. The minimum atomic E-state index is -0.641. The zero-order valence-electron chi connectivity index (χ0n) is 10.2. The molecule has 0 N–H and O–H groups in total. The highest BCUT2D eigenvalue weighted by molar-refractivity contribution is 7.85. The van der Waals surface area contributed by atoms with Crippen LogP contribution in [0.25, 0.3) is 6.20 Å². The summed E-state index contributed by atoms with van der Waals surface area (Å²) in [6, 6.07) is 0. The smallest absolute Gasteiger partial charge is 0.0539 e. The minimum absolute atomic E-state index is 0.507. The van der Waals surface area contributed by atoms with Crippen LogP contribution in [-0.4, -0.2) is 43.5 Å². The summed E-state index contributed by atoms with van der Waals surface area (Å²) in [4.78, 5) is 2.36. The number of rotatable bonds is 3. The third-order valence-corrected chi connectivity index (χ3v) is 4.50. The highest BCUT2D eigenvalue weighted by Gasteiger charge is 2.19. The molecule has 2 heterocycles. The monoisotopic (exact) mass is 253 g/mol. The van der Waals surface area contributed by atoms with Gasteiger partial charge in [-0.05, 0) is 5.92 Å². The standard InChI is InChI=1S/C12H19N3OS/c1-3-15-9-12(6-13-15)8-14-4-5-17(16)10-11(2)7-14/h3,6,9,11H,1,4-5,7-8,10H2,2H3/t11-,17+/m1/s1. The molecule has 0 saturated carbocycles. The first-order chi connectivity index (χ1) is 8.17. The molecule has 5 heteroatoms. The maximum absolute atomic E-state index is 11.6. The Labute approximate surface area is 105 Å². The zero-order valence-corrected chi connectivity index (χ0v) is 11.0. The van der Waals surface area contributed by atoms with Gasteiger partial charge in [0.25, 0.3) is 0 Å². The Balaban J connectivity index is 1.97. The summed E-state index contributed by atoms with van der Waals surface area (Å²) in [5.74, 6) is 2.13. The number of nitrogens with zero attached hydrogens (tertiary/aromatic N) is 3. The molecule has 0 spiro atoms. The third kappa shape index (κ3) is 3.51. The second-order valence-corrected chi connectivity index (χ2v) is 6.28. The lowest BCUT2D eigenvalue weighted by Gasteiger charge is -2.20. The Kier molecular flexibility index (Phi) is 4.12. The van der Waals surface area contributed by atoms with Crippen LogP contribution in [-0.2, 0) is 17.3 Å². The van der Waals surface area contributed by atoms with Crippen molar-refractivity contribution in [2.45, 2.75) is 13.5 Å². The van der Waals surface area contributed by atoms with Gasteiger partial charge in [-0.2, -0.15) is 5.10 Å². The maximum atomic E-state index is 11.6. The van der Waals surface area contributed by atoms with E-state index in [1.165, 1.54) is 5.56 Å². The average Bonchev–Trinajstić information content (AvgIpc) is 2.66. The van der Waals surface area contributed by atoms with Crippen molar-refractivity contribution in [2.24, 2.45) is 5.92 Å². The Morgan fingerprint density at radius 3 is 3.24 bits per heavy atom. The van der Waals surface area contributed by atoms with Gasteiger partial charge in [0, 0.05) is 59.9 Å². The van der Waals surface area contributed by atoms with Gasteiger partial charge in [-0.25, -0.2) is 4.68 Å². The Morgan fingerprint density at radius 2 is 2.53 bits per heavy atom. The van der Waals surface area contributed by atoms with Crippen LogP contribution < -0.4 is 0 Å². The van der Waals surface area contributed by atoms with E-state index in [4.69, 9.17) is 0 Å². The molecule has 94 valence electrons. The molecular formula is C12H19N3OS. The van der Waals surface area contributed by atoms with Gasteiger partial charge in [0.05, 0.1) is 6.20 Å². The van der Waals surface area contributed by atoms with Crippen LogP contribution in [0, 0.1) is 5.92 Å². The van der Waals surface area contributed by atoms with Gasteiger partial charge in [0.2, 0.25) is 0 Å². The summed E-state index contributed by atoms with van der Waals surface area (Å²) in [5, 5.41) is 4.17. The average molecular weight is 253 g/mol. The van der Waals surface area contributed by atoms with Gasteiger partial charge >= 0.3 is 0 Å². The zero-order chi connectivity index (χ0) is 12.3. The van der Waals surface area contributed by atoms with E-state index in [-0.39, 0.29) is 0 Å². The molecule has 2 atom stereocenters. The van der Waals surface area contributed by atoms with Gasteiger partial charge in [-0.15, -0.1) is 0 Å². The molecule has 1 aromatic heterocycles. The highest BCUT2D eigenvalue weighted by atomic mass is 32.2. The topological polar surface area (TPSA) is 38.1 Å². The molecule has 0 aromatic carbocycles. The Bertz CT molecular complexity index is 416. The first kappa shape index (κ1) is 12.5. The molecule has 0 bridgehead atoms. The van der Waals surface area contributed by atoms with Crippen molar-refractivity contribution in [2.75, 3.05) is 24.6 Å². The van der Waals surface area contributed by atoms with Crippen molar-refractivity contribution in [3.63, 3.8) is 0 Å². The second-order valence-electron chi connectivity index (χ2n) is 4.66. The summed E-state index contributed by atoms with van der Waals surface area (Å²) in [6.07, 6.45) is 5.54. The minimum Gasteiger partial charge on any atom is -0.298 e. The van der Waals surface area contributed by atoms with E-state index in [0.717, 1.165) is 31.1 Å². The number of hydrogen-bond donors (Lipinski definition) is 0. The molecule has 1 aromatic rings. The fraction of sp³-hybridized carbons (Fsp3) is 0.583. The number of aromatic nitrogens is 2. The van der Waals surface area contributed by atoms with E-state index in [1.807, 2.05) is 12.4 Å². The van der Waals surface area contributed by atoms with Gasteiger partial charge in [0.15, 0.2) is 0 Å². The van der Waals surface area contributed by atoms with Gasteiger partial charge in [-0.1, -0.05) is 13.5 Å². The highest BCUT2D eigenvalue weighted by Crippen LogP contribution is 2.12. The van der Waals surface area contributed by atoms with Crippen molar-refractivity contribution < 1.29 is 4.21 Å². The molecule has 1 fully saturated rings.